The number of rotatable bonds is 4. The Hall–Kier alpha value is -2.18. The second-order valence-corrected chi connectivity index (χ2v) is 6.18. The van der Waals surface area contributed by atoms with Crippen molar-refractivity contribution in [3.8, 4) is 0 Å². The van der Waals surface area contributed by atoms with Crippen LogP contribution in [0.15, 0.2) is 54.6 Å². The van der Waals surface area contributed by atoms with Crippen LogP contribution in [0.25, 0.3) is 0 Å². The van der Waals surface area contributed by atoms with Crippen molar-refractivity contribution in [2.24, 2.45) is 0 Å². The fourth-order valence-electron chi connectivity index (χ4n) is 3.08. The highest BCUT2D eigenvalue weighted by Crippen LogP contribution is 2.45. The number of ketones is 1. The smallest absolute Gasteiger partial charge is 0.346 e. The van der Waals surface area contributed by atoms with Gasteiger partial charge in [0.1, 0.15) is 5.78 Å². The van der Waals surface area contributed by atoms with Crippen LogP contribution in [0.1, 0.15) is 29.7 Å². The number of hydrogen-bond donors (Lipinski definition) is 1. The number of nitrogens with one attached hydrogen (secondary N) is 1. The number of carbonyl (C=O) groups is 1. The Morgan fingerprint density at radius 3 is 2.56 bits per heavy atom. The summed E-state index contributed by atoms with van der Waals surface area (Å²) in [5.41, 5.74) is -1.37. The number of carbonyl (C=O) groups excluding carboxylic acids is 1. The molecule has 1 fully saturated rings. The number of Topliss-reactive ketones (excluding diaryl/α,β-unsaturated/α-hetero) is 1. The number of benzene rings is 2. The Kier molecular flexibility index (Phi) is 4.67. The molecule has 1 N–H and O–H groups in total. The van der Waals surface area contributed by atoms with Crippen LogP contribution in [0, 0.1) is 0 Å². The highest BCUT2D eigenvalue weighted by molar-refractivity contribution is 5.78. The quantitative estimate of drug-likeness (QED) is 0.910. The fourth-order valence-corrected chi connectivity index (χ4v) is 3.08. The molecule has 0 aliphatic carbocycles. The highest BCUT2D eigenvalue weighted by Gasteiger charge is 2.61. The molecule has 1 saturated heterocycles. The average Bonchev–Trinajstić information content (AvgIpc) is 3.02. The molecule has 132 valence electrons. The van der Waals surface area contributed by atoms with Gasteiger partial charge < -0.3 is 4.74 Å². The van der Waals surface area contributed by atoms with E-state index in [1.165, 1.54) is 25.1 Å². The molecule has 3 rings (SSSR count). The molecule has 0 saturated carbocycles. The summed E-state index contributed by atoms with van der Waals surface area (Å²) >= 11 is 0. The Balaban J connectivity index is 1.98. The topological polar surface area (TPSA) is 38.3 Å². The summed E-state index contributed by atoms with van der Waals surface area (Å²) < 4.78 is 47.1. The van der Waals surface area contributed by atoms with E-state index >= 15 is 0 Å². The zero-order valence-electron chi connectivity index (χ0n) is 13.6. The first kappa shape index (κ1) is 17.6. The predicted octanol–water partition coefficient (Wildman–Crippen LogP) is 3.89. The van der Waals surface area contributed by atoms with Gasteiger partial charge in [0.25, 0.3) is 0 Å². The largest absolute Gasteiger partial charge is 0.435 e. The van der Waals surface area contributed by atoms with E-state index in [-0.39, 0.29) is 24.4 Å². The van der Waals surface area contributed by atoms with Crippen LogP contribution in [0.5, 0.6) is 0 Å². The van der Waals surface area contributed by atoms with Crippen LogP contribution >= 0.6 is 0 Å². The Bertz CT molecular complexity index is 761. The van der Waals surface area contributed by atoms with E-state index < -0.39 is 17.9 Å². The lowest BCUT2D eigenvalue weighted by molar-refractivity contribution is -0.278. The van der Waals surface area contributed by atoms with Crippen molar-refractivity contribution >= 4 is 5.78 Å². The lowest BCUT2D eigenvalue weighted by Crippen LogP contribution is -2.51. The third kappa shape index (κ3) is 3.45. The molecule has 0 amide bonds. The van der Waals surface area contributed by atoms with Crippen LogP contribution < -0.4 is 5.32 Å². The SMILES string of the molecule is CC(=O)Cc1cccc(C2(C(F)(F)F)NC(c3ccccc3)CO2)c1. The highest BCUT2D eigenvalue weighted by atomic mass is 19.4. The molecule has 25 heavy (non-hydrogen) atoms. The van der Waals surface area contributed by atoms with Gasteiger partial charge in [-0.1, -0.05) is 54.6 Å². The minimum absolute atomic E-state index is 0.0443. The van der Waals surface area contributed by atoms with Gasteiger partial charge in [-0.2, -0.15) is 13.2 Å². The van der Waals surface area contributed by atoms with Crippen LogP contribution in [0.2, 0.25) is 0 Å². The van der Waals surface area contributed by atoms with Crippen LogP contribution in [-0.2, 0) is 21.7 Å². The first-order valence-electron chi connectivity index (χ1n) is 7.94. The summed E-state index contributed by atoms with van der Waals surface area (Å²) in [7, 11) is 0. The number of alkyl halides is 3. The number of halogens is 3. The predicted molar refractivity (Wildman–Crippen MR) is 86.8 cm³/mol. The molecule has 0 bridgehead atoms. The van der Waals surface area contributed by atoms with Gasteiger partial charge in [-0.25, -0.2) is 0 Å². The monoisotopic (exact) mass is 349 g/mol. The summed E-state index contributed by atoms with van der Waals surface area (Å²) in [6.45, 7) is 1.31. The maximum Gasteiger partial charge on any atom is 0.435 e. The second-order valence-electron chi connectivity index (χ2n) is 6.18. The summed E-state index contributed by atoms with van der Waals surface area (Å²) in [5.74, 6) is -0.110. The standard InChI is InChI=1S/C19H18F3NO2/c1-13(24)10-14-6-5-9-16(11-14)18(19(20,21)22)23-17(12-25-18)15-7-3-2-4-8-15/h2-9,11,17,23H,10,12H2,1H3. The van der Waals surface area contributed by atoms with E-state index in [1.54, 1.807) is 30.3 Å². The Morgan fingerprint density at radius 2 is 1.92 bits per heavy atom. The van der Waals surface area contributed by atoms with E-state index in [4.69, 9.17) is 4.74 Å². The van der Waals surface area contributed by atoms with Gasteiger partial charge in [-0.15, -0.1) is 0 Å². The summed E-state index contributed by atoms with van der Waals surface area (Å²) in [6.07, 6.45) is -4.56. The lowest BCUT2D eigenvalue weighted by Gasteiger charge is -2.32. The van der Waals surface area contributed by atoms with Gasteiger partial charge in [0.15, 0.2) is 0 Å². The Morgan fingerprint density at radius 1 is 1.20 bits per heavy atom. The summed E-state index contributed by atoms with van der Waals surface area (Å²) in [6, 6.07) is 14.2. The molecule has 6 heteroatoms. The van der Waals surface area contributed by atoms with Crippen LogP contribution in [0.4, 0.5) is 13.2 Å². The molecule has 1 aliphatic rings. The molecule has 2 atom stereocenters. The first-order valence-corrected chi connectivity index (χ1v) is 7.94. The lowest BCUT2D eigenvalue weighted by atomic mass is 9.97. The fraction of sp³-hybridized carbons (Fsp3) is 0.316. The normalized spacial score (nSPS) is 23.6. The summed E-state index contributed by atoms with van der Waals surface area (Å²) in [4.78, 5) is 11.3. The van der Waals surface area contributed by atoms with Crippen molar-refractivity contribution in [2.45, 2.75) is 31.3 Å². The molecular formula is C19H18F3NO2. The molecule has 0 aromatic heterocycles. The maximum atomic E-state index is 13.9. The van der Waals surface area contributed by atoms with Crippen molar-refractivity contribution in [2.75, 3.05) is 6.61 Å². The van der Waals surface area contributed by atoms with Gasteiger partial charge in [0.2, 0.25) is 5.72 Å². The van der Waals surface area contributed by atoms with Crippen molar-refractivity contribution < 1.29 is 22.7 Å². The van der Waals surface area contributed by atoms with Gasteiger partial charge >= 0.3 is 6.18 Å². The van der Waals surface area contributed by atoms with Crippen molar-refractivity contribution in [3.05, 3.63) is 71.3 Å². The van der Waals surface area contributed by atoms with E-state index in [0.29, 0.717) is 5.56 Å². The van der Waals surface area contributed by atoms with E-state index in [1.807, 2.05) is 6.07 Å². The average molecular weight is 349 g/mol. The van der Waals surface area contributed by atoms with Gasteiger partial charge in [0, 0.05) is 12.0 Å². The Labute approximate surface area is 143 Å². The molecule has 2 unspecified atom stereocenters. The third-order valence-electron chi connectivity index (χ3n) is 4.23. The number of ether oxygens (including phenoxy) is 1. The van der Waals surface area contributed by atoms with Crippen LogP contribution in [-0.4, -0.2) is 18.6 Å². The number of hydrogen-bond acceptors (Lipinski definition) is 3. The van der Waals surface area contributed by atoms with Crippen molar-refractivity contribution in [1.82, 2.24) is 5.32 Å². The van der Waals surface area contributed by atoms with E-state index in [0.717, 1.165) is 5.56 Å². The van der Waals surface area contributed by atoms with Crippen LogP contribution in [0.3, 0.4) is 0 Å². The van der Waals surface area contributed by atoms with Gasteiger partial charge in [-0.3, -0.25) is 10.1 Å². The molecule has 0 radical (unpaired) electrons. The third-order valence-corrected chi connectivity index (χ3v) is 4.23. The maximum absolute atomic E-state index is 13.9. The molecule has 2 aromatic rings. The van der Waals surface area contributed by atoms with Gasteiger partial charge in [-0.05, 0) is 18.1 Å². The zero-order chi connectivity index (χ0) is 18.1. The first-order chi connectivity index (χ1) is 11.8. The molecule has 1 aliphatic heterocycles. The van der Waals surface area contributed by atoms with Crippen molar-refractivity contribution in [3.63, 3.8) is 0 Å². The molecule has 0 spiro atoms. The van der Waals surface area contributed by atoms with E-state index in [2.05, 4.69) is 5.32 Å². The minimum atomic E-state index is -4.65. The minimum Gasteiger partial charge on any atom is -0.346 e. The molecule has 1 heterocycles. The summed E-state index contributed by atoms with van der Waals surface area (Å²) in [5, 5.41) is 2.63. The second kappa shape index (κ2) is 6.61. The van der Waals surface area contributed by atoms with E-state index in [9.17, 15) is 18.0 Å². The molecule has 2 aromatic carbocycles. The molecule has 3 nitrogen and oxygen atoms in total. The zero-order valence-corrected chi connectivity index (χ0v) is 13.6. The van der Waals surface area contributed by atoms with Crippen molar-refractivity contribution in [1.29, 1.82) is 0 Å². The van der Waals surface area contributed by atoms with Gasteiger partial charge in [0.05, 0.1) is 12.6 Å². The molecular weight excluding hydrogens is 331 g/mol.